The predicted molar refractivity (Wildman–Crippen MR) is 119 cm³/mol. The van der Waals surface area contributed by atoms with Crippen molar-refractivity contribution in [3.8, 4) is 11.5 Å². The van der Waals surface area contributed by atoms with Gasteiger partial charge < -0.3 is 14.4 Å². The molecule has 2 aromatic carbocycles. The topological polar surface area (TPSA) is 76.2 Å². The Balaban J connectivity index is 1.71. The van der Waals surface area contributed by atoms with Crippen molar-refractivity contribution in [1.82, 2.24) is 9.21 Å². The molecule has 0 saturated carbocycles. The van der Waals surface area contributed by atoms with Gasteiger partial charge in [-0.2, -0.15) is 4.31 Å². The van der Waals surface area contributed by atoms with Gasteiger partial charge in [0.25, 0.3) is 5.91 Å². The highest BCUT2D eigenvalue weighted by molar-refractivity contribution is 7.89. The Morgan fingerprint density at radius 1 is 1.00 bits per heavy atom. The SMILES string of the molecule is CCC(C)c1ccc(S(=O)(=O)N2CCN(C(=O)c3cccc(OC)c3OC)CC2)cc1. The summed E-state index contributed by atoms with van der Waals surface area (Å²) in [4.78, 5) is 15.0. The number of carbonyl (C=O) groups excluding carboxylic acids is 1. The first-order chi connectivity index (χ1) is 14.8. The lowest BCUT2D eigenvalue weighted by atomic mass is 9.99. The van der Waals surface area contributed by atoms with Crippen molar-refractivity contribution in [2.75, 3.05) is 40.4 Å². The molecule has 1 aliphatic rings. The molecule has 1 amide bonds. The van der Waals surface area contributed by atoms with Crippen LogP contribution in [0.5, 0.6) is 11.5 Å². The van der Waals surface area contributed by atoms with E-state index in [1.165, 1.54) is 18.5 Å². The van der Waals surface area contributed by atoms with Crippen LogP contribution in [0.4, 0.5) is 0 Å². The average Bonchev–Trinajstić information content (AvgIpc) is 2.82. The molecular weight excluding hydrogens is 416 g/mol. The third kappa shape index (κ3) is 4.70. The Morgan fingerprint density at radius 2 is 1.65 bits per heavy atom. The van der Waals surface area contributed by atoms with Crippen molar-refractivity contribution < 1.29 is 22.7 Å². The quantitative estimate of drug-likeness (QED) is 0.652. The normalized spacial score (nSPS) is 16.1. The van der Waals surface area contributed by atoms with Crippen molar-refractivity contribution >= 4 is 15.9 Å². The maximum absolute atomic E-state index is 13.1. The summed E-state index contributed by atoms with van der Waals surface area (Å²) in [7, 11) is -0.587. The fourth-order valence-corrected chi connectivity index (χ4v) is 5.13. The number of para-hydroxylation sites is 1. The van der Waals surface area contributed by atoms with Crippen LogP contribution in [0.25, 0.3) is 0 Å². The Kier molecular flexibility index (Phi) is 7.23. The standard InChI is InChI=1S/C23H30N2O5S/c1-5-17(2)18-9-11-19(12-10-18)31(27,28)25-15-13-24(14-16-25)23(26)20-7-6-8-21(29-3)22(20)30-4/h6-12,17H,5,13-16H2,1-4H3. The number of piperazine rings is 1. The molecule has 8 heteroatoms. The van der Waals surface area contributed by atoms with Crippen molar-refractivity contribution in [2.24, 2.45) is 0 Å². The number of rotatable bonds is 7. The number of amides is 1. The zero-order valence-electron chi connectivity index (χ0n) is 18.5. The average molecular weight is 447 g/mol. The molecule has 31 heavy (non-hydrogen) atoms. The third-order valence-corrected chi connectivity index (χ3v) is 7.77. The molecule has 1 saturated heterocycles. The van der Waals surface area contributed by atoms with Gasteiger partial charge >= 0.3 is 0 Å². The monoisotopic (exact) mass is 446 g/mol. The van der Waals surface area contributed by atoms with Crippen LogP contribution in [0.2, 0.25) is 0 Å². The van der Waals surface area contributed by atoms with Crippen molar-refractivity contribution in [2.45, 2.75) is 31.1 Å². The molecule has 0 spiro atoms. The zero-order valence-corrected chi connectivity index (χ0v) is 19.3. The highest BCUT2D eigenvalue weighted by atomic mass is 32.2. The van der Waals surface area contributed by atoms with Gasteiger partial charge in [-0.25, -0.2) is 8.42 Å². The van der Waals surface area contributed by atoms with E-state index in [1.807, 2.05) is 12.1 Å². The second kappa shape index (κ2) is 9.70. The fraction of sp³-hybridized carbons (Fsp3) is 0.435. The van der Waals surface area contributed by atoms with Crippen LogP contribution in [0.1, 0.15) is 42.1 Å². The molecule has 7 nitrogen and oxygen atoms in total. The predicted octanol–water partition coefficient (Wildman–Crippen LogP) is 3.36. The second-order valence-corrected chi connectivity index (χ2v) is 9.55. The number of hydrogen-bond acceptors (Lipinski definition) is 5. The molecule has 1 fully saturated rings. The van der Waals surface area contributed by atoms with Gasteiger partial charge in [-0.05, 0) is 42.2 Å². The van der Waals surface area contributed by atoms with Gasteiger partial charge in [-0.3, -0.25) is 4.79 Å². The lowest BCUT2D eigenvalue weighted by Gasteiger charge is -2.34. The van der Waals surface area contributed by atoms with Crippen molar-refractivity contribution in [1.29, 1.82) is 0 Å². The van der Waals surface area contributed by atoms with Crippen LogP contribution in [0, 0.1) is 0 Å². The number of nitrogens with zero attached hydrogens (tertiary/aromatic N) is 2. The van der Waals surface area contributed by atoms with E-state index < -0.39 is 10.0 Å². The van der Waals surface area contributed by atoms with E-state index in [2.05, 4.69) is 13.8 Å². The van der Waals surface area contributed by atoms with E-state index in [0.29, 0.717) is 36.1 Å². The summed E-state index contributed by atoms with van der Waals surface area (Å²) >= 11 is 0. The number of sulfonamides is 1. The molecule has 0 bridgehead atoms. The Hall–Kier alpha value is -2.58. The minimum atomic E-state index is -3.60. The first-order valence-electron chi connectivity index (χ1n) is 10.4. The summed E-state index contributed by atoms with van der Waals surface area (Å²) in [6.45, 7) is 5.34. The van der Waals surface area contributed by atoms with Crippen molar-refractivity contribution in [3.63, 3.8) is 0 Å². The number of carbonyl (C=O) groups is 1. The van der Waals surface area contributed by atoms with Crippen molar-refractivity contribution in [3.05, 3.63) is 53.6 Å². The summed E-state index contributed by atoms with van der Waals surface area (Å²) in [6, 6.07) is 12.3. The highest BCUT2D eigenvalue weighted by Gasteiger charge is 2.31. The molecule has 168 valence electrons. The number of hydrogen-bond donors (Lipinski definition) is 0. The zero-order chi connectivity index (χ0) is 22.6. The summed E-state index contributed by atoms with van der Waals surface area (Å²) in [5, 5.41) is 0. The largest absolute Gasteiger partial charge is 0.493 e. The van der Waals surface area contributed by atoms with Gasteiger partial charge in [-0.1, -0.05) is 32.0 Å². The number of methoxy groups -OCH3 is 2. The molecule has 0 radical (unpaired) electrons. The van der Waals surface area contributed by atoms with Gasteiger partial charge in [0, 0.05) is 26.2 Å². The minimum Gasteiger partial charge on any atom is -0.493 e. The highest BCUT2D eigenvalue weighted by Crippen LogP contribution is 2.32. The first kappa shape index (κ1) is 23.1. The van der Waals surface area contributed by atoms with Crippen LogP contribution in [0.15, 0.2) is 47.4 Å². The Labute approximate surface area is 184 Å². The van der Waals surface area contributed by atoms with Crippen LogP contribution in [0.3, 0.4) is 0 Å². The lowest BCUT2D eigenvalue weighted by Crippen LogP contribution is -2.50. The van der Waals surface area contributed by atoms with Gasteiger partial charge in [-0.15, -0.1) is 0 Å². The molecule has 1 heterocycles. The summed E-state index contributed by atoms with van der Waals surface area (Å²) in [6.07, 6.45) is 1.00. The fourth-order valence-electron chi connectivity index (χ4n) is 3.71. The van der Waals surface area contributed by atoms with Gasteiger partial charge in [0.15, 0.2) is 11.5 Å². The molecule has 2 aromatic rings. The maximum Gasteiger partial charge on any atom is 0.257 e. The second-order valence-electron chi connectivity index (χ2n) is 7.62. The maximum atomic E-state index is 13.1. The summed E-state index contributed by atoms with van der Waals surface area (Å²) in [5.41, 5.74) is 1.53. The minimum absolute atomic E-state index is 0.203. The van der Waals surface area contributed by atoms with Gasteiger partial charge in [0.05, 0.1) is 24.7 Å². The smallest absolute Gasteiger partial charge is 0.257 e. The van der Waals surface area contributed by atoms with E-state index in [4.69, 9.17) is 9.47 Å². The molecule has 0 aliphatic carbocycles. The van der Waals surface area contributed by atoms with Crippen LogP contribution in [-0.2, 0) is 10.0 Å². The van der Waals surface area contributed by atoms with E-state index in [-0.39, 0.29) is 23.9 Å². The molecular formula is C23H30N2O5S. The van der Waals surface area contributed by atoms with E-state index in [1.54, 1.807) is 35.2 Å². The van der Waals surface area contributed by atoms with E-state index in [9.17, 15) is 13.2 Å². The van der Waals surface area contributed by atoms with Gasteiger partial charge in [0.1, 0.15) is 0 Å². The van der Waals surface area contributed by atoms with Crippen LogP contribution in [-0.4, -0.2) is 63.9 Å². The molecule has 1 atom stereocenters. The molecule has 0 N–H and O–H groups in total. The number of ether oxygens (including phenoxy) is 2. The van der Waals surface area contributed by atoms with Crippen LogP contribution < -0.4 is 9.47 Å². The first-order valence-corrected chi connectivity index (χ1v) is 11.9. The summed E-state index contributed by atoms with van der Waals surface area (Å²) in [5.74, 6) is 1.05. The Bertz CT molecular complexity index is 1010. The molecule has 3 rings (SSSR count). The Morgan fingerprint density at radius 3 is 2.19 bits per heavy atom. The van der Waals surface area contributed by atoms with E-state index in [0.717, 1.165) is 12.0 Å². The number of benzene rings is 2. The summed E-state index contributed by atoms with van der Waals surface area (Å²) < 4.78 is 38.2. The lowest BCUT2D eigenvalue weighted by molar-refractivity contribution is 0.0694. The van der Waals surface area contributed by atoms with Crippen LogP contribution >= 0.6 is 0 Å². The molecule has 0 aromatic heterocycles. The molecule has 1 aliphatic heterocycles. The molecule has 1 unspecified atom stereocenters. The third-order valence-electron chi connectivity index (χ3n) is 5.86. The van der Waals surface area contributed by atoms with E-state index >= 15 is 0 Å². The van der Waals surface area contributed by atoms with Gasteiger partial charge in [0.2, 0.25) is 10.0 Å².